The fourth-order valence-corrected chi connectivity index (χ4v) is 2.91. The Balaban J connectivity index is 2.02. The van der Waals surface area contributed by atoms with E-state index >= 15 is 0 Å². The highest BCUT2D eigenvalue weighted by Crippen LogP contribution is 2.25. The summed E-state index contributed by atoms with van der Waals surface area (Å²) in [7, 11) is 0. The Morgan fingerprint density at radius 1 is 1.33 bits per heavy atom. The molecule has 2 unspecified atom stereocenters. The van der Waals surface area contributed by atoms with E-state index in [2.05, 4.69) is 18.7 Å². The first-order valence-electron chi connectivity index (χ1n) is 6.83. The maximum absolute atomic E-state index is 11.7. The number of hydrogen-bond donors (Lipinski definition) is 1. The Bertz CT molecular complexity index is 455. The summed E-state index contributed by atoms with van der Waals surface area (Å²) in [6.07, 6.45) is 5.48. The second-order valence-corrected chi connectivity index (χ2v) is 5.22. The summed E-state index contributed by atoms with van der Waals surface area (Å²) >= 11 is 0. The molecule has 4 heteroatoms. The highest BCUT2D eigenvalue weighted by molar-refractivity contribution is 5.33. The van der Waals surface area contributed by atoms with Crippen molar-refractivity contribution in [3.63, 3.8) is 0 Å². The van der Waals surface area contributed by atoms with Gasteiger partial charge < -0.3 is 10.3 Å². The van der Waals surface area contributed by atoms with Crippen molar-refractivity contribution in [1.29, 1.82) is 0 Å². The number of anilines is 1. The van der Waals surface area contributed by atoms with E-state index in [-0.39, 0.29) is 5.56 Å². The molecule has 2 atom stereocenters. The highest BCUT2D eigenvalue weighted by atomic mass is 16.1. The van der Waals surface area contributed by atoms with Crippen molar-refractivity contribution in [3.05, 3.63) is 28.7 Å². The van der Waals surface area contributed by atoms with Crippen LogP contribution in [0.5, 0.6) is 0 Å². The zero-order valence-electron chi connectivity index (χ0n) is 11.3. The number of hydrogen-bond acceptors (Lipinski definition) is 3. The van der Waals surface area contributed by atoms with Crippen molar-refractivity contribution in [3.8, 4) is 0 Å². The SMILES string of the molecule is CCC1CCC(C)N1CCn1cc(N)ccc1=O. The van der Waals surface area contributed by atoms with Gasteiger partial charge in [0.1, 0.15) is 0 Å². The average Bonchev–Trinajstić information content (AvgIpc) is 2.71. The minimum absolute atomic E-state index is 0.0316. The van der Waals surface area contributed by atoms with Crippen molar-refractivity contribution in [2.45, 2.75) is 51.7 Å². The molecule has 2 N–H and O–H groups in total. The molecule has 0 aliphatic carbocycles. The van der Waals surface area contributed by atoms with Crippen molar-refractivity contribution >= 4 is 5.69 Å². The molecule has 0 bridgehead atoms. The van der Waals surface area contributed by atoms with Crippen LogP contribution >= 0.6 is 0 Å². The molecule has 1 aromatic heterocycles. The van der Waals surface area contributed by atoms with Gasteiger partial charge in [-0.3, -0.25) is 9.69 Å². The lowest BCUT2D eigenvalue weighted by atomic mass is 10.1. The van der Waals surface area contributed by atoms with Gasteiger partial charge in [-0.2, -0.15) is 0 Å². The number of nitrogen functional groups attached to an aromatic ring is 1. The van der Waals surface area contributed by atoms with Gasteiger partial charge in [0, 0.05) is 43.1 Å². The molecule has 18 heavy (non-hydrogen) atoms. The Labute approximate surface area is 108 Å². The third-order valence-corrected chi connectivity index (χ3v) is 4.03. The van der Waals surface area contributed by atoms with Crippen LogP contribution in [0.1, 0.15) is 33.1 Å². The summed E-state index contributed by atoms with van der Waals surface area (Å²) in [4.78, 5) is 14.2. The highest BCUT2D eigenvalue weighted by Gasteiger charge is 2.28. The van der Waals surface area contributed by atoms with E-state index in [0.717, 1.165) is 13.1 Å². The van der Waals surface area contributed by atoms with E-state index in [4.69, 9.17) is 5.73 Å². The van der Waals surface area contributed by atoms with E-state index in [9.17, 15) is 4.79 Å². The number of likely N-dealkylation sites (tertiary alicyclic amines) is 1. The monoisotopic (exact) mass is 249 g/mol. The van der Waals surface area contributed by atoms with Crippen molar-refractivity contribution in [2.24, 2.45) is 0 Å². The predicted octanol–water partition coefficient (Wildman–Crippen LogP) is 1.69. The molecule has 0 aromatic carbocycles. The Morgan fingerprint density at radius 2 is 2.11 bits per heavy atom. The van der Waals surface area contributed by atoms with Gasteiger partial charge in [-0.1, -0.05) is 6.92 Å². The van der Waals surface area contributed by atoms with Gasteiger partial charge in [0.25, 0.3) is 5.56 Å². The first-order chi connectivity index (χ1) is 8.61. The van der Waals surface area contributed by atoms with Crippen LogP contribution in [0.15, 0.2) is 23.1 Å². The van der Waals surface area contributed by atoms with Gasteiger partial charge in [0.05, 0.1) is 0 Å². The van der Waals surface area contributed by atoms with Gasteiger partial charge in [-0.25, -0.2) is 0 Å². The average molecular weight is 249 g/mol. The quantitative estimate of drug-likeness (QED) is 0.883. The van der Waals surface area contributed by atoms with E-state index in [1.807, 2.05) is 0 Å². The third-order valence-electron chi connectivity index (χ3n) is 4.03. The second kappa shape index (κ2) is 5.57. The maximum atomic E-state index is 11.7. The van der Waals surface area contributed by atoms with Crippen LogP contribution in [0.4, 0.5) is 5.69 Å². The standard InChI is InChI=1S/C14H23N3O/c1-3-13-6-4-11(2)17(13)9-8-16-10-12(15)5-7-14(16)18/h5,7,10-11,13H,3-4,6,8-9,15H2,1-2H3. The molecule has 2 heterocycles. The minimum Gasteiger partial charge on any atom is -0.398 e. The van der Waals surface area contributed by atoms with Crippen LogP contribution in [0, 0.1) is 0 Å². The van der Waals surface area contributed by atoms with Crippen LogP contribution in [-0.4, -0.2) is 28.1 Å². The molecule has 4 nitrogen and oxygen atoms in total. The van der Waals surface area contributed by atoms with Gasteiger partial charge in [-0.05, 0) is 32.3 Å². The molecule has 2 rings (SSSR count). The normalized spacial score (nSPS) is 24.6. The lowest BCUT2D eigenvalue weighted by molar-refractivity contribution is 0.190. The van der Waals surface area contributed by atoms with Crippen molar-refractivity contribution in [2.75, 3.05) is 12.3 Å². The molecule has 1 fully saturated rings. The summed E-state index contributed by atoms with van der Waals surface area (Å²) < 4.78 is 1.72. The predicted molar refractivity (Wildman–Crippen MR) is 74.6 cm³/mol. The Morgan fingerprint density at radius 3 is 2.83 bits per heavy atom. The molecule has 1 aliphatic heterocycles. The lowest BCUT2D eigenvalue weighted by Crippen LogP contribution is -2.38. The molecular weight excluding hydrogens is 226 g/mol. The first-order valence-corrected chi connectivity index (χ1v) is 6.83. The molecule has 100 valence electrons. The third kappa shape index (κ3) is 2.75. The van der Waals surface area contributed by atoms with Crippen LogP contribution in [-0.2, 0) is 6.54 Å². The maximum Gasteiger partial charge on any atom is 0.250 e. The second-order valence-electron chi connectivity index (χ2n) is 5.22. The van der Waals surface area contributed by atoms with E-state index in [1.54, 1.807) is 22.9 Å². The molecule has 0 saturated carbocycles. The summed E-state index contributed by atoms with van der Waals surface area (Å²) in [5, 5.41) is 0. The summed E-state index contributed by atoms with van der Waals surface area (Å²) in [6, 6.07) is 4.51. The summed E-state index contributed by atoms with van der Waals surface area (Å²) in [5.41, 5.74) is 6.40. The van der Waals surface area contributed by atoms with Gasteiger partial charge in [0.15, 0.2) is 0 Å². The van der Waals surface area contributed by atoms with Crippen molar-refractivity contribution in [1.82, 2.24) is 9.47 Å². The fourth-order valence-electron chi connectivity index (χ4n) is 2.91. The molecule has 0 radical (unpaired) electrons. The molecule has 0 amide bonds. The van der Waals surface area contributed by atoms with Crippen molar-refractivity contribution < 1.29 is 0 Å². The van der Waals surface area contributed by atoms with Crippen LogP contribution in [0.2, 0.25) is 0 Å². The lowest BCUT2D eigenvalue weighted by Gasteiger charge is -2.27. The fraction of sp³-hybridized carbons (Fsp3) is 0.643. The zero-order valence-corrected chi connectivity index (χ0v) is 11.3. The number of aromatic nitrogens is 1. The topological polar surface area (TPSA) is 51.3 Å². The Hall–Kier alpha value is -1.29. The smallest absolute Gasteiger partial charge is 0.250 e. The molecular formula is C14H23N3O. The molecule has 1 saturated heterocycles. The molecule has 1 aliphatic rings. The van der Waals surface area contributed by atoms with E-state index < -0.39 is 0 Å². The van der Waals surface area contributed by atoms with Gasteiger partial charge >= 0.3 is 0 Å². The number of nitrogens with zero attached hydrogens (tertiary/aromatic N) is 2. The van der Waals surface area contributed by atoms with Crippen LogP contribution in [0.25, 0.3) is 0 Å². The number of nitrogens with two attached hydrogens (primary N) is 1. The largest absolute Gasteiger partial charge is 0.398 e. The van der Waals surface area contributed by atoms with E-state index in [0.29, 0.717) is 17.8 Å². The number of rotatable bonds is 4. The van der Waals surface area contributed by atoms with E-state index in [1.165, 1.54) is 19.3 Å². The molecule has 0 spiro atoms. The first kappa shape index (κ1) is 13.1. The van der Waals surface area contributed by atoms with Crippen LogP contribution < -0.4 is 11.3 Å². The van der Waals surface area contributed by atoms with Gasteiger partial charge in [-0.15, -0.1) is 0 Å². The summed E-state index contributed by atoms with van der Waals surface area (Å²) in [6.45, 7) is 6.17. The minimum atomic E-state index is 0.0316. The zero-order chi connectivity index (χ0) is 13.1. The number of pyridine rings is 1. The molecule has 1 aromatic rings. The Kier molecular flexibility index (Phi) is 4.07. The van der Waals surface area contributed by atoms with Gasteiger partial charge in [0.2, 0.25) is 0 Å². The summed E-state index contributed by atoms with van der Waals surface area (Å²) in [5.74, 6) is 0. The van der Waals surface area contributed by atoms with Crippen LogP contribution in [0.3, 0.4) is 0 Å².